The minimum atomic E-state index is 0.227. The highest BCUT2D eigenvalue weighted by Gasteiger charge is 2.13. The summed E-state index contributed by atoms with van der Waals surface area (Å²) < 4.78 is 5.17. The van der Waals surface area contributed by atoms with Gasteiger partial charge < -0.3 is 20.3 Å². The number of benzene rings is 1. The van der Waals surface area contributed by atoms with Crippen LogP contribution < -0.4 is 10.6 Å². The van der Waals surface area contributed by atoms with E-state index >= 15 is 0 Å². The molecule has 0 fully saturated rings. The Labute approximate surface area is 141 Å². The first-order valence-electron chi connectivity index (χ1n) is 8.31. The second kappa shape index (κ2) is 11.0. The smallest absolute Gasteiger partial charge is 0.191 e. The summed E-state index contributed by atoms with van der Waals surface area (Å²) in [6.45, 7) is 6.41. The van der Waals surface area contributed by atoms with Crippen molar-refractivity contribution in [2.24, 2.45) is 4.99 Å². The highest BCUT2D eigenvalue weighted by atomic mass is 16.5. The van der Waals surface area contributed by atoms with Gasteiger partial charge in [-0.15, -0.1) is 0 Å². The van der Waals surface area contributed by atoms with Crippen LogP contribution in [0.3, 0.4) is 0 Å². The van der Waals surface area contributed by atoms with E-state index < -0.39 is 0 Å². The maximum absolute atomic E-state index is 5.17. The molecule has 130 valence electrons. The Hall–Kier alpha value is -1.59. The highest BCUT2D eigenvalue weighted by molar-refractivity contribution is 5.80. The van der Waals surface area contributed by atoms with Gasteiger partial charge in [0.25, 0.3) is 0 Å². The fourth-order valence-corrected chi connectivity index (χ4v) is 2.34. The van der Waals surface area contributed by atoms with E-state index in [1.54, 1.807) is 7.11 Å². The number of nitrogens with one attached hydrogen (secondary N) is 2. The van der Waals surface area contributed by atoms with Gasteiger partial charge in [0, 0.05) is 25.7 Å². The maximum Gasteiger partial charge on any atom is 0.191 e. The molecule has 0 bridgehead atoms. The van der Waals surface area contributed by atoms with E-state index in [1.807, 2.05) is 0 Å². The fraction of sp³-hybridized carbons (Fsp3) is 0.611. The summed E-state index contributed by atoms with van der Waals surface area (Å²) >= 11 is 0. The third-order valence-corrected chi connectivity index (χ3v) is 3.65. The van der Waals surface area contributed by atoms with Gasteiger partial charge in [-0.1, -0.05) is 30.3 Å². The number of hydrogen-bond acceptors (Lipinski definition) is 3. The topological polar surface area (TPSA) is 48.9 Å². The number of hydrogen-bond donors (Lipinski definition) is 2. The van der Waals surface area contributed by atoms with Gasteiger partial charge in [-0.25, -0.2) is 0 Å². The molecule has 1 aromatic rings. The molecular weight excluding hydrogens is 288 g/mol. The SMILES string of the molecule is CCNC(=NCC(Cc1ccccc1)N(C)C)NC(C)COC. The molecule has 0 spiro atoms. The summed E-state index contributed by atoms with van der Waals surface area (Å²) in [5, 5.41) is 6.67. The third kappa shape index (κ3) is 8.00. The Bertz CT molecular complexity index is 448. The van der Waals surface area contributed by atoms with E-state index in [2.05, 4.69) is 73.8 Å². The van der Waals surface area contributed by atoms with Crippen LogP contribution in [0.15, 0.2) is 35.3 Å². The first-order chi connectivity index (χ1) is 11.1. The zero-order chi connectivity index (χ0) is 17.1. The summed E-state index contributed by atoms with van der Waals surface area (Å²) in [5.41, 5.74) is 1.34. The molecule has 5 nitrogen and oxygen atoms in total. The second-order valence-electron chi connectivity index (χ2n) is 6.03. The van der Waals surface area contributed by atoms with Crippen LogP contribution in [0.25, 0.3) is 0 Å². The highest BCUT2D eigenvalue weighted by Crippen LogP contribution is 2.07. The van der Waals surface area contributed by atoms with Crippen LogP contribution in [-0.2, 0) is 11.2 Å². The van der Waals surface area contributed by atoms with Crippen molar-refractivity contribution >= 4 is 5.96 Å². The lowest BCUT2D eigenvalue weighted by Crippen LogP contribution is -2.45. The fourth-order valence-electron chi connectivity index (χ4n) is 2.34. The number of methoxy groups -OCH3 is 1. The molecule has 2 atom stereocenters. The van der Waals surface area contributed by atoms with Crippen LogP contribution in [0.4, 0.5) is 0 Å². The Morgan fingerprint density at radius 1 is 1.26 bits per heavy atom. The van der Waals surface area contributed by atoms with Crippen LogP contribution in [0.5, 0.6) is 0 Å². The van der Waals surface area contributed by atoms with Gasteiger partial charge in [-0.3, -0.25) is 4.99 Å². The van der Waals surface area contributed by atoms with Gasteiger partial charge in [0.15, 0.2) is 5.96 Å². The molecule has 23 heavy (non-hydrogen) atoms. The zero-order valence-electron chi connectivity index (χ0n) is 15.2. The molecule has 0 aliphatic rings. The van der Waals surface area contributed by atoms with Gasteiger partial charge in [0.2, 0.25) is 0 Å². The quantitative estimate of drug-likeness (QED) is 0.538. The second-order valence-corrected chi connectivity index (χ2v) is 6.03. The van der Waals surface area contributed by atoms with Crippen LogP contribution in [0.2, 0.25) is 0 Å². The van der Waals surface area contributed by atoms with E-state index in [0.29, 0.717) is 12.6 Å². The third-order valence-electron chi connectivity index (χ3n) is 3.65. The predicted molar refractivity (Wildman–Crippen MR) is 98.1 cm³/mol. The van der Waals surface area contributed by atoms with E-state index in [4.69, 9.17) is 9.73 Å². The molecule has 0 heterocycles. The van der Waals surface area contributed by atoms with E-state index in [1.165, 1.54) is 5.56 Å². The molecule has 0 saturated carbocycles. The van der Waals surface area contributed by atoms with Crippen molar-refractivity contribution in [3.8, 4) is 0 Å². The van der Waals surface area contributed by atoms with Crippen LogP contribution in [-0.4, -0.2) is 63.8 Å². The summed E-state index contributed by atoms with van der Waals surface area (Å²) in [7, 11) is 5.93. The Balaban J connectivity index is 2.68. The molecule has 5 heteroatoms. The first kappa shape index (κ1) is 19.5. The van der Waals surface area contributed by atoms with Gasteiger partial charge in [-0.2, -0.15) is 0 Å². The lowest BCUT2D eigenvalue weighted by Gasteiger charge is -2.24. The summed E-state index contributed by atoms with van der Waals surface area (Å²) in [5.74, 6) is 0.844. The Morgan fingerprint density at radius 3 is 2.52 bits per heavy atom. The normalized spacial score (nSPS) is 14.6. The number of ether oxygens (including phenoxy) is 1. The number of rotatable bonds is 9. The summed E-state index contributed by atoms with van der Waals surface area (Å²) in [4.78, 5) is 6.99. The van der Waals surface area contributed by atoms with Crippen molar-refractivity contribution in [3.05, 3.63) is 35.9 Å². The summed E-state index contributed by atoms with van der Waals surface area (Å²) in [6, 6.07) is 11.2. The molecule has 0 aliphatic heterocycles. The van der Waals surface area contributed by atoms with Crippen LogP contribution in [0, 0.1) is 0 Å². The monoisotopic (exact) mass is 320 g/mol. The molecule has 1 rings (SSSR count). The molecule has 0 aromatic heterocycles. The molecule has 0 aliphatic carbocycles. The van der Waals surface area contributed by atoms with Crippen molar-refractivity contribution in [2.45, 2.75) is 32.4 Å². The molecule has 0 amide bonds. The average molecular weight is 320 g/mol. The molecule has 0 saturated heterocycles. The predicted octanol–water partition coefficient (Wildman–Crippen LogP) is 1.75. The zero-order valence-corrected chi connectivity index (χ0v) is 15.2. The molecule has 2 unspecified atom stereocenters. The average Bonchev–Trinajstić information content (AvgIpc) is 2.52. The van der Waals surface area contributed by atoms with Crippen LogP contribution >= 0.6 is 0 Å². The van der Waals surface area contributed by atoms with Gasteiger partial charge >= 0.3 is 0 Å². The standard InChI is InChI=1S/C18H32N4O/c1-6-19-18(21-15(2)14-23-5)20-13-17(22(3)4)12-16-10-8-7-9-11-16/h7-11,15,17H,6,12-14H2,1-5H3,(H2,19,20,21). The Morgan fingerprint density at radius 2 is 1.96 bits per heavy atom. The van der Waals surface area contributed by atoms with E-state index in [0.717, 1.165) is 25.5 Å². The molecular formula is C18H32N4O. The van der Waals surface area contributed by atoms with Gasteiger partial charge in [0.1, 0.15) is 0 Å². The van der Waals surface area contributed by atoms with Crippen molar-refractivity contribution in [3.63, 3.8) is 0 Å². The van der Waals surface area contributed by atoms with Crippen LogP contribution in [0.1, 0.15) is 19.4 Å². The van der Waals surface area contributed by atoms with Crippen molar-refractivity contribution in [1.82, 2.24) is 15.5 Å². The van der Waals surface area contributed by atoms with Gasteiger partial charge in [-0.05, 0) is 39.9 Å². The molecule has 2 N–H and O–H groups in total. The minimum absolute atomic E-state index is 0.227. The maximum atomic E-state index is 5.17. The number of likely N-dealkylation sites (N-methyl/N-ethyl adjacent to an activating group) is 1. The molecule has 0 radical (unpaired) electrons. The van der Waals surface area contributed by atoms with Crippen molar-refractivity contribution in [2.75, 3.05) is 40.9 Å². The minimum Gasteiger partial charge on any atom is -0.383 e. The largest absolute Gasteiger partial charge is 0.383 e. The van der Waals surface area contributed by atoms with E-state index in [-0.39, 0.29) is 6.04 Å². The lowest BCUT2D eigenvalue weighted by molar-refractivity contribution is 0.179. The number of aliphatic imine (C=N–C) groups is 1. The van der Waals surface area contributed by atoms with Crippen molar-refractivity contribution < 1.29 is 4.74 Å². The first-order valence-corrected chi connectivity index (χ1v) is 8.31. The number of guanidine groups is 1. The number of nitrogens with zero attached hydrogens (tertiary/aromatic N) is 2. The van der Waals surface area contributed by atoms with Crippen molar-refractivity contribution in [1.29, 1.82) is 0 Å². The van der Waals surface area contributed by atoms with Gasteiger partial charge in [0.05, 0.1) is 13.2 Å². The Kier molecular flexibility index (Phi) is 9.33. The van der Waals surface area contributed by atoms with E-state index in [9.17, 15) is 0 Å². The lowest BCUT2D eigenvalue weighted by atomic mass is 10.1. The molecule has 1 aromatic carbocycles. The summed E-state index contributed by atoms with van der Waals surface area (Å²) in [6.07, 6.45) is 0.990.